The van der Waals surface area contributed by atoms with Crippen molar-refractivity contribution in [3.8, 4) is 0 Å². The molecule has 1 N–H and O–H groups in total. The molecule has 2 aliphatic rings. The van der Waals surface area contributed by atoms with E-state index in [1.165, 1.54) is 31.4 Å². The molecule has 1 fully saturated rings. The highest BCUT2D eigenvalue weighted by atomic mass is 32.2. The Morgan fingerprint density at radius 1 is 1.39 bits per heavy atom. The van der Waals surface area contributed by atoms with Crippen molar-refractivity contribution >= 4 is 16.9 Å². The van der Waals surface area contributed by atoms with Gasteiger partial charge in [0.15, 0.2) is 5.17 Å². The molecule has 1 aliphatic carbocycles. The van der Waals surface area contributed by atoms with Crippen LogP contribution in [0.2, 0.25) is 0 Å². The maximum Gasteiger partial charge on any atom is 0.156 e. The normalized spacial score (nSPS) is 22.7. The Bertz CT molecular complexity index is 286. The molecule has 2 rings (SSSR count). The summed E-state index contributed by atoms with van der Waals surface area (Å²) in [6.45, 7) is 8.20. The predicted molar refractivity (Wildman–Crippen MR) is 79.3 cm³/mol. The number of nitrogens with zero attached hydrogens (tertiary/aromatic N) is 1. The van der Waals surface area contributed by atoms with Crippen molar-refractivity contribution in [2.24, 2.45) is 16.3 Å². The van der Waals surface area contributed by atoms with Crippen LogP contribution in [0.25, 0.3) is 0 Å². The lowest BCUT2D eigenvalue weighted by atomic mass is 9.84. The highest BCUT2D eigenvalue weighted by Gasteiger charge is 2.29. The minimum absolute atomic E-state index is 0.443. The van der Waals surface area contributed by atoms with E-state index in [-0.39, 0.29) is 0 Å². The second kappa shape index (κ2) is 6.80. The summed E-state index contributed by atoms with van der Waals surface area (Å²) in [5.41, 5.74) is 0.443. The van der Waals surface area contributed by atoms with E-state index in [1.54, 1.807) is 0 Å². The molecule has 4 heteroatoms. The smallest absolute Gasteiger partial charge is 0.156 e. The lowest BCUT2D eigenvalue weighted by Gasteiger charge is -2.33. The van der Waals surface area contributed by atoms with Crippen LogP contribution < -0.4 is 5.32 Å². The van der Waals surface area contributed by atoms with Crippen molar-refractivity contribution in [2.45, 2.75) is 39.5 Å². The summed E-state index contributed by atoms with van der Waals surface area (Å²) in [5, 5.41) is 4.50. The number of amidine groups is 1. The molecule has 0 radical (unpaired) electrons. The van der Waals surface area contributed by atoms with Crippen LogP contribution in [0.3, 0.4) is 0 Å². The largest absolute Gasteiger partial charge is 0.379 e. The first kappa shape index (κ1) is 14.2. The van der Waals surface area contributed by atoms with E-state index in [2.05, 4.69) is 24.2 Å². The summed E-state index contributed by atoms with van der Waals surface area (Å²) in [7, 11) is 0. The van der Waals surface area contributed by atoms with Crippen LogP contribution in [0, 0.1) is 11.3 Å². The molecule has 0 bridgehead atoms. The first-order valence-corrected chi connectivity index (χ1v) is 8.25. The van der Waals surface area contributed by atoms with Crippen molar-refractivity contribution in [1.82, 2.24) is 5.32 Å². The van der Waals surface area contributed by atoms with Crippen molar-refractivity contribution in [2.75, 3.05) is 32.1 Å². The number of thioether (sulfide) groups is 1. The summed E-state index contributed by atoms with van der Waals surface area (Å²) in [6, 6.07) is 0. The molecule has 1 aliphatic heterocycles. The molecule has 0 aromatic carbocycles. The fourth-order valence-electron chi connectivity index (χ4n) is 2.10. The van der Waals surface area contributed by atoms with Gasteiger partial charge in [-0.3, -0.25) is 4.99 Å². The van der Waals surface area contributed by atoms with Gasteiger partial charge in [0.1, 0.15) is 0 Å². The molecule has 0 unspecified atom stereocenters. The number of hydrogen-bond acceptors (Lipinski definition) is 4. The fourth-order valence-corrected chi connectivity index (χ4v) is 3.40. The van der Waals surface area contributed by atoms with Crippen LogP contribution >= 0.6 is 11.8 Å². The van der Waals surface area contributed by atoms with E-state index >= 15 is 0 Å². The lowest BCUT2D eigenvalue weighted by Crippen LogP contribution is -2.35. The van der Waals surface area contributed by atoms with E-state index in [1.807, 2.05) is 11.8 Å². The van der Waals surface area contributed by atoms with E-state index < -0.39 is 0 Å². The molecular weight excluding hydrogens is 244 g/mol. The van der Waals surface area contributed by atoms with Gasteiger partial charge in [-0.2, -0.15) is 0 Å². The quantitative estimate of drug-likeness (QED) is 0.722. The Labute approximate surface area is 115 Å². The van der Waals surface area contributed by atoms with Gasteiger partial charge in [-0.05, 0) is 37.0 Å². The van der Waals surface area contributed by atoms with Gasteiger partial charge < -0.3 is 10.1 Å². The standard InChI is InChI=1S/C14H26N2OS/c1-3-14(4-2)10-16-13(18-11-14)15-7-8-17-9-12-5-6-12/h12H,3-11H2,1-2H3,(H,15,16). The van der Waals surface area contributed by atoms with Crippen LogP contribution in [-0.4, -0.2) is 37.2 Å². The van der Waals surface area contributed by atoms with Gasteiger partial charge in [-0.1, -0.05) is 25.6 Å². The molecule has 1 saturated carbocycles. The average molecular weight is 270 g/mol. The van der Waals surface area contributed by atoms with E-state index in [4.69, 9.17) is 4.74 Å². The SMILES string of the molecule is CCC1(CC)CN=C(NCCOCC2CC2)SC1. The third-order valence-electron chi connectivity index (χ3n) is 4.15. The highest BCUT2D eigenvalue weighted by molar-refractivity contribution is 8.13. The van der Waals surface area contributed by atoms with Crippen LogP contribution in [0.4, 0.5) is 0 Å². The summed E-state index contributed by atoms with van der Waals surface area (Å²) in [6.07, 6.45) is 5.20. The molecular formula is C14H26N2OS. The lowest BCUT2D eigenvalue weighted by molar-refractivity contribution is 0.129. The van der Waals surface area contributed by atoms with Crippen molar-refractivity contribution in [1.29, 1.82) is 0 Å². The Morgan fingerprint density at radius 3 is 2.72 bits per heavy atom. The zero-order chi connectivity index (χ0) is 12.8. The minimum Gasteiger partial charge on any atom is -0.379 e. The first-order valence-electron chi connectivity index (χ1n) is 7.27. The summed E-state index contributed by atoms with van der Waals surface area (Å²) < 4.78 is 5.61. The summed E-state index contributed by atoms with van der Waals surface area (Å²) in [5.74, 6) is 2.07. The third-order valence-corrected chi connectivity index (χ3v) is 5.45. The maximum absolute atomic E-state index is 5.61. The Morgan fingerprint density at radius 2 is 2.17 bits per heavy atom. The second-order valence-electron chi connectivity index (χ2n) is 5.56. The van der Waals surface area contributed by atoms with Gasteiger partial charge >= 0.3 is 0 Å². The van der Waals surface area contributed by atoms with Crippen LogP contribution in [-0.2, 0) is 4.74 Å². The molecule has 0 atom stereocenters. The van der Waals surface area contributed by atoms with Crippen molar-refractivity contribution < 1.29 is 4.74 Å². The number of aliphatic imine (C=N–C) groups is 1. The molecule has 0 saturated heterocycles. The zero-order valence-corrected chi connectivity index (χ0v) is 12.5. The summed E-state index contributed by atoms with van der Waals surface area (Å²) in [4.78, 5) is 4.68. The Kier molecular flexibility index (Phi) is 5.37. The first-order chi connectivity index (χ1) is 8.78. The molecule has 18 heavy (non-hydrogen) atoms. The molecule has 0 amide bonds. The topological polar surface area (TPSA) is 33.6 Å². The Balaban J connectivity index is 1.60. The highest BCUT2D eigenvalue weighted by Crippen LogP contribution is 2.34. The Hall–Kier alpha value is -0.220. The molecule has 3 nitrogen and oxygen atoms in total. The molecule has 0 spiro atoms. The van der Waals surface area contributed by atoms with Gasteiger partial charge in [0.25, 0.3) is 0 Å². The number of ether oxygens (including phenoxy) is 1. The van der Waals surface area contributed by atoms with E-state index in [0.717, 1.165) is 37.4 Å². The number of hydrogen-bond donors (Lipinski definition) is 1. The van der Waals surface area contributed by atoms with Crippen molar-refractivity contribution in [3.05, 3.63) is 0 Å². The van der Waals surface area contributed by atoms with E-state index in [0.29, 0.717) is 5.41 Å². The molecule has 0 aromatic rings. The summed E-state index contributed by atoms with van der Waals surface area (Å²) >= 11 is 1.88. The van der Waals surface area contributed by atoms with Crippen LogP contribution in [0.1, 0.15) is 39.5 Å². The van der Waals surface area contributed by atoms with Gasteiger partial charge in [0.05, 0.1) is 6.61 Å². The monoisotopic (exact) mass is 270 g/mol. The van der Waals surface area contributed by atoms with Crippen molar-refractivity contribution in [3.63, 3.8) is 0 Å². The minimum atomic E-state index is 0.443. The third kappa shape index (κ3) is 4.16. The van der Waals surface area contributed by atoms with Gasteiger partial charge in [0.2, 0.25) is 0 Å². The van der Waals surface area contributed by atoms with Crippen LogP contribution in [0.5, 0.6) is 0 Å². The average Bonchev–Trinajstić information content (AvgIpc) is 3.23. The van der Waals surface area contributed by atoms with Crippen LogP contribution in [0.15, 0.2) is 4.99 Å². The number of nitrogens with one attached hydrogen (secondary N) is 1. The fraction of sp³-hybridized carbons (Fsp3) is 0.929. The zero-order valence-electron chi connectivity index (χ0n) is 11.7. The second-order valence-corrected chi connectivity index (χ2v) is 6.53. The number of rotatable bonds is 7. The molecule has 1 heterocycles. The van der Waals surface area contributed by atoms with Gasteiger partial charge in [-0.25, -0.2) is 0 Å². The maximum atomic E-state index is 5.61. The van der Waals surface area contributed by atoms with Gasteiger partial charge in [-0.15, -0.1) is 0 Å². The molecule has 104 valence electrons. The van der Waals surface area contributed by atoms with E-state index in [9.17, 15) is 0 Å². The molecule has 0 aromatic heterocycles. The van der Waals surface area contributed by atoms with Gasteiger partial charge in [0, 0.05) is 25.4 Å². The predicted octanol–water partition coefficient (Wildman–Crippen LogP) is 2.91.